The average molecular weight is 1200 g/mol. The first-order valence-electron chi connectivity index (χ1n) is 23.1. The van der Waals surface area contributed by atoms with E-state index in [1.807, 2.05) is 36.4 Å². The molecule has 0 atom stereocenters. The van der Waals surface area contributed by atoms with Gasteiger partial charge in [0.05, 0.1) is 14.2 Å². The molecule has 5 heteroatoms. The van der Waals surface area contributed by atoms with Crippen molar-refractivity contribution in [2.75, 3.05) is 28.4 Å². The monoisotopic (exact) mass is 1200 g/mol. The van der Waals surface area contributed by atoms with E-state index < -0.39 is 0 Å². The zero-order valence-electron chi connectivity index (χ0n) is 39.4. The third-order valence-corrected chi connectivity index (χ3v) is 13.8. The topological polar surface area (TPSA) is 18.5 Å². The molecule has 70 heavy (non-hydrogen) atoms. The summed E-state index contributed by atoms with van der Waals surface area (Å²) in [5, 5.41) is 0.776. The minimum absolute atomic E-state index is 0.776. The van der Waals surface area contributed by atoms with Gasteiger partial charge in [-0.1, -0.05) is 298 Å². The lowest BCUT2D eigenvalue weighted by Crippen LogP contribution is -1.96. The molecule has 0 aliphatic heterocycles. The van der Waals surface area contributed by atoms with Crippen LogP contribution in [0, 0.1) is 0 Å². The van der Waals surface area contributed by atoms with Crippen molar-refractivity contribution in [3.8, 4) is 11.5 Å². The number of ether oxygens (including phenoxy) is 2. The largest absolute Gasteiger partial charge is 0.497 e. The Hall–Kier alpha value is -6.26. The van der Waals surface area contributed by atoms with Crippen molar-refractivity contribution >= 4 is 94.6 Å². The molecule has 0 bridgehead atoms. The Morgan fingerprint density at radius 1 is 0.286 bits per heavy atom. The van der Waals surface area contributed by atoms with E-state index in [-0.39, 0.29) is 0 Å². The zero-order valence-corrected chi connectivity index (χ0v) is 45.3. The standard InChI is InChI=1S/C22H19BrO.C22H19IO.C21H17I/c2*1-24-20-14-12-17(13-15-20)21(16-23)22(18-8-4-2-5-9-18)19-10-6-3-7-11-19;22-16-20(17-10-4-1-5-11-17)21(18-12-6-2-7-13-18)19-14-8-3-9-15-19/h2*2-15H,16H2,1H3;1-15H,16H2. The molecule has 9 aromatic carbocycles. The highest BCUT2D eigenvalue weighted by Crippen LogP contribution is 2.37. The molecule has 9 rings (SSSR count). The molecule has 348 valence electrons. The summed E-state index contributed by atoms with van der Waals surface area (Å²) in [7, 11) is 3.39. The molecule has 0 fully saturated rings. The van der Waals surface area contributed by atoms with E-state index >= 15 is 0 Å². The Balaban J connectivity index is 0.000000155. The van der Waals surface area contributed by atoms with Gasteiger partial charge < -0.3 is 9.47 Å². The molecule has 0 aliphatic rings. The lowest BCUT2D eigenvalue weighted by atomic mass is 9.90. The second kappa shape index (κ2) is 27.8. The van der Waals surface area contributed by atoms with Crippen LogP contribution in [-0.4, -0.2) is 28.4 Å². The molecule has 0 spiro atoms. The van der Waals surface area contributed by atoms with Crippen LogP contribution in [0.1, 0.15) is 50.1 Å². The van der Waals surface area contributed by atoms with Gasteiger partial charge in [0.15, 0.2) is 0 Å². The highest BCUT2D eigenvalue weighted by molar-refractivity contribution is 14.1. The Bertz CT molecular complexity index is 2760. The van der Waals surface area contributed by atoms with Gasteiger partial charge in [-0.3, -0.25) is 0 Å². The summed E-state index contributed by atoms with van der Waals surface area (Å²) in [5.74, 6) is 1.75. The van der Waals surface area contributed by atoms with Gasteiger partial charge in [-0.05, 0) is 108 Å². The fraction of sp³-hybridized carbons (Fsp3) is 0.0769. The molecule has 0 amide bonds. The van der Waals surface area contributed by atoms with Crippen LogP contribution in [0.3, 0.4) is 0 Å². The minimum Gasteiger partial charge on any atom is -0.497 e. The van der Waals surface area contributed by atoms with Crippen LogP contribution in [0.2, 0.25) is 0 Å². The Kier molecular flexibility index (Phi) is 20.5. The second-order valence-electron chi connectivity index (χ2n) is 16.0. The van der Waals surface area contributed by atoms with Crippen LogP contribution < -0.4 is 9.47 Å². The first-order chi connectivity index (χ1) is 34.6. The maximum Gasteiger partial charge on any atom is 0.118 e. The van der Waals surface area contributed by atoms with Crippen molar-refractivity contribution in [2.24, 2.45) is 0 Å². The Morgan fingerprint density at radius 2 is 0.486 bits per heavy atom. The van der Waals surface area contributed by atoms with Crippen molar-refractivity contribution in [3.63, 3.8) is 0 Å². The highest BCUT2D eigenvalue weighted by Gasteiger charge is 2.16. The maximum absolute atomic E-state index is 5.29. The third-order valence-electron chi connectivity index (χ3n) is 11.7. The highest BCUT2D eigenvalue weighted by atomic mass is 127. The van der Waals surface area contributed by atoms with E-state index in [1.165, 1.54) is 83.5 Å². The SMILES string of the molecule is COc1ccc(C(CBr)=C(c2ccccc2)c2ccccc2)cc1.COc1ccc(C(CI)=C(c2ccccc2)c2ccccc2)cc1.ICC(=C(c1ccccc1)c1ccccc1)c1ccccc1. The summed E-state index contributed by atoms with van der Waals surface area (Å²) in [6.45, 7) is 0. The number of hydrogen-bond acceptors (Lipinski definition) is 2. The van der Waals surface area contributed by atoms with Gasteiger partial charge in [0.25, 0.3) is 0 Å². The maximum atomic E-state index is 5.29. The van der Waals surface area contributed by atoms with Crippen LogP contribution in [-0.2, 0) is 0 Å². The fourth-order valence-corrected chi connectivity index (χ4v) is 10.5. The van der Waals surface area contributed by atoms with Gasteiger partial charge in [-0.25, -0.2) is 0 Å². The number of allylic oxidation sites excluding steroid dienone is 3. The van der Waals surface area contributed by atoms with Crippen molar-refractivity contribution < 1.29 is 9.47 Å². The zero-order chi connectivity index (χ0) is 48.8. The molecule has 0 radical (unpaired) electrons. The number of hydrogen-bond donors (Lipinski definition) is 0. The average Bonchev–Trinajstić information content (AvgIpc) is 3.45. The number of halogens is 3. The summed E-state index contributed by atoms with van der Waals surface area (Å²) in [6.07, 6.45) is 0. The third kappa shape index (κ3) is 14.0. The molecule has 0 aliphatic carbocycles. The van der Waals surface area contributed by atoms with E-state index in [0.717, 1.165) is 25.7 Å². The first kappa shape index (κ1) is 51.6. The molecule has 0 heterocycles. The second-order valence-corrected chi connectivity index (χ2v) is 18.1. The van der Waals surface area contributed by atoms with Gasteiger partial charge >= 0.3 is 0 Å². The molecule has 0 unspecified atom stereocenters. The molecule has 0 aromatic heterocycles. The molecule has 0 saturated heterocycles. The molecule has 0 saturated carbocycles. The summed E-state index contributed by atoms with van der Waals surface area (Å²) in [5.41, 5.74) is 19.0. The van der Waals surface area contributed by atoms with Crippen molar-refractivity contribution in [1.29, 1.82) is 0 Å². The predicted octanol–water partition coefficient (Wildman–Crippen LogP) is 18.2. The van der Waals surface area contributed by atoms with E-state index in [4.69, 9.17) is 9.47 Å². The fourth-order valence-electron chi connectivity index (χ4n) is 8.26. The predicted molar refractivity (Wildman–Crippen MR) is 320 cm³/mol. The smallest absolute Gasteiger partial charge is 0.118 e. The summed E-state index contributed by atoms with van der Waals surface area (Å²) >= 11 is 8.61. The minimum atomic E-state index is 0.776. The number of rotatable bonds is 14. The molecule has 0 N–H and O–H groups in total. The van der Waals surface area contributed by atoms with Gasteiger partial charge in [-0.15, -0.1) is 0 Å². The molecular formula is C65H55BrI2O2. The Morgan fingerprint density at radius 3 is 0.700 bits per heavy atom. The van der Waals surface area contributed by atoms with Gasteiger partial charge in [0, 0.05) is 14.2 Å². The van der Waals surface area contributed by atoms with Crippen molar-refractivity contribution in [3.05, 3.63) is 311 Å². The quantitative estimate of drug-likeness (QED) is 0.0614. The normalized spacial score (nSPS) is 10.2. The number of alkyl halides is 3. The van der Waals surface area contributed by atoms with E-state index in [0.29, 0.717) is 0 Å². The van der Waals surface area contributed by atoms with E-state index in [9.17, 15) is 0 Å². The van der Waals surface area contributed by atoms with Crippen LogP contribution in [0.25, 0.3) is 33.4 Å². The number of methoxy groups -OCH3 is 2. The Labute approximate surface area is 450 Å². The lowest BCUT2D eigenvalue weighted by Gasteiger charge is -2.16. The van der Waals surface area contributed by atoms with Crippen LogP contribution >= 0.6 is 61.1 Å². The molecular weight excluding hydrogens is 1150 g/mol. The summed E-state index contributed by atoms with van der Waals surface area (Å²) in [6, 6.07) is 90.8. The van der Waals surface area contributed by atoms with Crippen molar-refractivity contribution in [2.45, 2.75) is 0 Å². The number of benzene rings is 9. The summed E-state index contributed by atoms with van der Waals surface area (Å²) in [4.78, 5) is 0. The van der Waals surface area contributed by atoms with Crippen LogP contribution in [0.5, 0.6) is 11.5 Å². The van der Waals surface area contributed by atoms with Crippen LogP contribution in [0.4, 0.5) is 0 Å². The van der Waals surface area contributed by atoms with E-state index in [1.54, 1.807) is 14.2 Å². The lowest BCUT2D eigenvalue weighted by molar-refractivity contribution is 0.414. The van der Waals surface area contributed by atoms with Gasteiger partial charge in [0.1, 0.15) is 11.5 Å². The van der Waals surface area contributed by atoms with E-state index in [2.05, 4.69) is 286 Å². The molecule has 2 nitrogen and oxygen atoms in total. The van der Waals surface area contributed by atoms with Gasteiger partial charge in [-0.2, -0.15) is 0 Å². The molecule has 9 aromatic rings. The summed E-state index contributed by atoms with van der Waals surface area (Å²) < 4.78 is 12.5. The van der Waals surface area contributed by atoms with Crippen molar-refractivity contribution in [1.82, 2.24) is 0 Å². The van der Waals surface area contributed by atoms with Crippen LogP contribution in [0.15, 0.2) is 261 Å². The first-order valence-corrected chi connectivity index (χ1v) is 27.3. The van der Waals surface area contributed by atoms with Gasteiger partial charge in [0.2, 0.25) is 0 Å².